The summed E-state index contributed by atoms with van der Waals surface area (Å²) < 4.78 is 0. The van der Waals surface area contributed by atoms with Gasteiger partial charge in [-0.15, -0.1) is 0 Å². The Morgan fingerprint density at radius 3 is 3.13 bits per heavy atom. The largest absolute Gasteiger partial charge is 0.393 e. The molecule has 0 amide bonds. The lowest BCUT2D eigenvalue weighted by atomic mass is 9.53. The molecule has 0 aromatic rings. The summed E-state index contributed by atoms with van der Waals surface area (Å²) in [5.74, 6) is 0.579. The van der Waals surface area contributed by atoms with Crippen LogP contribution in [0, 0.1) is 16.7 Å². The SMILES string of the molecule is C=C1C[C@@]23C=CCC[C@]2(C)[C@@H](O)C[C@H]1C3. The van der Waals surface area contributed by atoms with Crippen molar-refractivity contribution in [2.75, 3.05) is 0 Å². The molecule has 3 aliphatic rings. The maximum absolute atomic E-state index is 10.4. The molecule has 1 heteroatoms. The Kier molecular flexibility index (Phi) is 1.78. The second kappa shape index (κ2) is 2.76. The lowest BCUT2D eigenvalue weighted by Crippen LogP contribution is -2.50. The van der Waals surface area contributed by atoms with Crippen LogP contribution >= 0.6 is 0 Å². The molecule has 0 saturated heterocycles. The van der Waals surface area contributed by atoms with Gasteiger partial charge in [0.15, 0.2) is 0 Å². The Hall–Kier alpha value is -0.560. The highest BCUT2D eigenvalue weighted by Crippen LogP contribution is 2.65. The van der Waals surface area contributed by atoms with E-state index in [0.29, 0.717) is 5.92 Å². The van der Waals surface area contributed by atoms with Crippen molar-refractivity contribution in [1.82, 2.24) is 0 Å². The van der Waals surface area contributed by atoms with E-state index in [9.17, 15) is 5.11 Å². The van der Waals surface area contributed by atoms with Crippen LogP contribution in [0.1, 0.15) is 39.0 Å². The number of rotatable bonds is 0. The number of aliphatic hydroxyl groups is 1. The van der Waals surface area contributed by atoms with Crippen LogP contribution in [-0.2, 0) is 0 Å². The molecule has 0 heterocycles. The molecule has 0 unspecified atom stereocenters. The fourth-order valence-corrected chi connectivity index (χ4v) is 4.18. The number of hydrogen-bond acceptors (Lipinski definition) is 1. The molecule has 0 aliphatic heterocycles. The van der Waals surface area contributed by atoms with Crippen molar-refractivity contribution < 1.29 is 5.11 Å². The van der Waals surface area contributed by atoms with E-state index in [0.717, 1.165) is 25.7 Å². The first-order valence-corrected chi connectivity index (χ1v) is 6.11. The second-order valence-corrected chi connectivity index (χ2v) is 6.00. The first-order chi connectivity index (χ1) is 7.07. The van der Waals surface area contributed by atoms with E-state index in [1.165, 1.54) is 12.0 Å². The van der Waals surface area contributed by atoms with Gasteiger partial charge in [-0.25, -0.2) is 0 Å². The fraction of sp³-hybridized carbons (Fsp3) is 0.714. The third kappa shape index (κ3) is 1.02. The van der Waals surface area contributed by atoms with Gasteiger partial charge in [0.05, 0.1) is 6.10 Å². The molecule has 3 aliphatic carbocycles. The molecule has 4 atom stereocenters. The minimum absolute atomic E-state index is 0.109. The van der Waals surface area contributed by atoms with Crippen molar-refractivity contribution in [3.05, 3.63) is 24.3 Å². The highest BCUT2D eigenvalue weighted by Gasteiger charge is 2.59. The zero-order valence-electron chi connectivity index (χ0n) is 9.50. The van der Waals surface area contributed by atoms with Crippen molar-refractivity contribution in [3.8, 4) is 0 Å². The molecule has 15 heavy (non-hydrogen) atoms. The minimum atomic E-state index is -0.125. The third-order valence-electron chi connectivity index (χ3n) is 5.38. The van der Waals surface area contributed by atoms with Crippen LogP contribution in [0.15, 0.2) is 24.3 Å². The summed E-state index contributed by atoms with van der Waals surface area (Å²) >= 11 is 0. The summed E-state index contributed by atoms with van der Waals surface area (Å²) in [6.45, 7) is 6.49. The Morgan fingerprint density at radius 1 is 1.53 bits per heavy atom. The minimum Gasteiger partial charge on any atom is -0.393 e. The van der Waals surface area contributed by atoms with Gasteiger partial charge in [0.25, 0.3) is 0 Å². The average Bonchev–Trinajstić information content (AvgIpc) is 2.46. The standard InChI is InChI=1S/C14H20O/c1-10-8-14-6-4-3-5-13(14,2)12(15)7-11(10)9-14/h4,6,11-12,15H,1,3,5,7-9H2,2H3/t11-,12-,13+,14+/m0/s1. The highest BCUT2D eigenvalue weighted by molar-refractivity contribution is 5.29. The molecule has 0 aromatic heterocycles. The predicted octanol–water partition coefficient (Wildman–Crippen LogP) is 3.06. The van der Waals surface area contributed by atoms with Crippen molar-refractivity contribution in [2.45, 2.75) is 45.1 Å². The third-order valence-corrected chi connectivity index (χ3v) is 5.38. The molecular weight excluding hydrogens is 184 g/mol. The first kappa shape index (κ1) is 9.65. The van der Waals surface area contributed by atoms with Gasteiger partial charge in [0.1, 0.15) is 0 Å². The van der Waals surface area contributed by atoms with Crippen LogP contribution in [0.25, 0.3) is 0 Å². The normalized spacial score (nSPS) is 53.1. The Labute approximate surface area is 91.9 Å². The van der Waals surface area contributed by atoms with Crippen LogP contribution in [-0.4, -0.2) is 11.2 Å². The van der Waals surface area contributed by atoms with Gasteiger partial charge in [0.2, 0.25) is 0 Å². The Bertz CT molecular complexity index is 343. The molecule has 1 N–H and O–H groups in total. The number of fused-ring (bicyclic) bond motifs is 1. The molecule has 0 radical (unpaired) electrons. The quantitative estimate of drug-likeness (QED) is 0.601. The van der Waals surface area contributed by atoms with E-state index in [4.69, 9.17) is 0 Å². The van der Waals surface area contributed by atoms with Crippen molar-refractivity contribution >= 4 is 0 Å². The topological polar surface area (TPSA) is 20.2 Å². The zero-order chi connectivity index (χ0) is 10.7. The van der Waals surface area contributed by atoms with Gasteiger partial charge in [0, 0.05) is 10.8 Å². The predicted molar refractivity (Wildman–Crippen MR) is 61.4 cm³/mol. The van der Waals surface area contributed by atoms with Gasteiger partial charge in [-0.05, 0) is 38.0 Å². The summed E-state index contributed by atoms with van der Waals surface area (Å²) in [6, 6.07) is 0. The van der Waals surface area contributed by atoms with Crippen LogP contribution < -0.4 is 0 Å². The van der Waals surface area contributed by atoms with E-state index in [1.807, 2.05) is 0 Å². The summed E-state index contributed by atoms with van der Waals surface area (Å²) in [5, 5.41) is 10.4. The molecule has 1 nitrogen and oxygen atoms in total. The smallest absolute Gasteiger partial charge is 0.0608 e. The molecule has 3 rings (SSSR count). The monoisotopic (exact) mass is 204 g/mol. The zero-order valence-corrected chi connectivity index (χ0v) is 9.50. The van der Waals surface area contributed by atoms with Gasteiger partial charge >= 0.3 is 0 Å². The van der Waals surface area contributed by atoms with Crippen molar-refractivity contribution in [1.29, 1.82) is 0 Å². The molecule has 1 spiro atoms. The van der Waals surface area contributed by atoms with Gasteiger partial charge in [-0.1, -0.05) is 31.2 Å². The maximum atomic E-state index is 10.4. The molecular formula is C14H20O. The first-order valence-electron chi connectivity index (χ1n) is 6.11. The lowest BCUT2D eigenvalue weighted by molar-refractivity contribution is -0.0824. The lowest BCUT2D eigenvalue weighted by Gasteiger charge is -2.53. The van der Waals surface area contributed by atoms with E-state index in [-0.39, 0.29) is 16.9 Å². The molecule has 2 saturated carbocycles. The summed E-state index contributed by atoms with van der Waals surface area (Å²) in [6.07, 6.45) is 10.2. The Morgan fingerprint density at radius 2 is 2.33 bits per heavy atom. The molecule has 0 aromatic carbocycles. The molecule has 2 bridgehead atoms. The van der Waals surface area contributed by atoms with Gasteiger partial charge < -0.3 is 5.11 Å². The second-order valence-electron chi connectivity index (χ2n) is 6.00. The number of hydrogen-bond donors (Lipinski definition) is 1. The Balaban J connectivity index is 2.11. The number of allylic oxidation sites excluding steroid dienone is 3. The summed E-state index contributed by atoms with van der Waals surface area (Å²) in [4.78, 5) is 0. The fourth-order valence-electron chi connectivity index (χ4n) is 4.18. The van der Waals surface area contributed by atoms with Crippen LogP contribution in [0.4, 0.5) is 0 Å². The van der Waals surface area contributed by atoms with E-state index < -0.39 is 0 Å². The van der Waals surface area contributed by atoms with E-state index >= 15 is 0 Å². The van der Waals surface area contributed by atoms with Crippen LogP contribution in [0.3, 0.4) is 0 Å². The van der Waals surface area contributed by atoms with Crippen molar-refractivity contribution in [2.24, 2.45) is 16.7 Å². The van der Waals surface area contributed by atoms with Crippen molar-refractivity contribution in [3.63, 3.8) is 0 Å². The van der Waals surface area contributed by atoms with Crippen LogP contribution in [0.2, 0.25) is 0 Å². The van der Waals surface area contributed by atoms with Crippen LogP contribution in [0.5, 0.6) is 0 Å². The molecule has 82 valence electrons. The van der Waals surface area contributed by atoms with E-state index in [2.05, 4.69) is 25.7 Å². The summed E-state index contributed by atoms with van der Waals surface area (Å²) in [7, 11) is 0. The highest BCUT2D eigenvalue weighted by atomic mass is 16.3. The van der Waals surface area contributed by atoms with Gasteiger partial charge in [-0.2, -0.15) is 0 Å². The maximum Gasteiger partial charge on any atom is 0.0608 e. The average molecular weight is 204 g/mol. The molecule has 2 fully saturated rings. The van der Waals surface area contributed by atoms with E-state index in [1.54, 1.807) is 0 Å². The summed E-state index contributed by atoms with van der Waals surface area (Å²) in [5.41, 5.74) is 1.73. The van der Waals surface area contributed by atoms with Gasteiger partial charge in [-0.3, -0.25) is 0 Å². The number of aliphatic hydroxyl groups excluding tert-OH is 1.